The van der Waals surface area contributed by atoms with E-state index in [0.717, 1.165) is 5.71 Å². The fourth-order valence-electron chi connectivity index (χ4n) is 0.657. The minimum absolute atomic E-state index is 0.0351. The zero-order valence-corrected chi connectivity index (χ0v) is 10.4. The molecule has 0 aromatic rings. The van der Waals surface area contributed by atoms with Crippen LogP contribution < -0.4 is 0 Å². The molecule has 0 aliphatic carbocycles. The van der Waals surface area contributed by atoms with Crippen molar-refractivity contribution in [2.45, 2.75) is 27.7 Å². The Kier molecular flexibility index (Phi) is 5.05. The van der Waals surface area contributed by atoms with Gasteiger partial charge in [-0.1, -0.05) is 20.8 Å². The molecular formula is C11H20N2O2. The summed E-state index contributed by atoms with van der Waals surface area (Å²) in [6.07, 6.45) is 2.90. The Bertz CT molecular complexity index is 275. The average Bonchev–Trinajstić information content (AvgIpc) is 2.12. The Morgan fingerprint density at radius 1 is 1.40 bits per heavy atom. The van der Waals surface area contributed by atoms with Gasteiger partial charge in [-0.3, -0.25) is 5.01 Å². The maximum absolute atomic E-state index is 10.8. The number of hydrazone groups is 1. The predicted octanol–water partition coefficient (Wildman–Crippen LogP) is 2.03. The predicted molar refractivity (Wildman–Crippen MR) is 61.5 cm³/mol. The molecule has 15 heavy (non-hydrogen) atoms. The van der Waals surface area contributed by atoms with E-state index >= 15 is 0 Å². The van der Waals surface area contributed by atoms with Gasteiger partial charge in [0.25, 0.3) is 0 Å². The quantitative estimate of drug-likeness (QED) is 0.311. The van der Waals surface area contributed by atoms with Crippen LogP contribution in [0.2, 0.25) is 0 Å². The third-order valence-corrected chi connectivity index (χ3v) is 2.02. The van der Waals surface area contributed by atoms with Crippen LogP contribution in [0.25, 0.3) is 0 Å². The number of methoxy groups -OCH3 is 1. The van der Waals surface area contributed by atoms with E-state index in [1.54, 1.807) is 18.3 Å². The van der Waals surface area contributed by atoms with Crippen LogP contribution in [0.4, 0.5) is 0 Å². The van der Waals surface area contributed by atoms with Crippen LogP contribution >= 0.6 is 0 Å². The van der Waals surface area contributed by atoms with Gasteiger partial charge in [0.15, 0.2) is 0 Å². The van der Waals surface area contributed by atoms with Crippen molar-refractivity contribution in [3.8, 4) is 0 Å². The monoisotopic (exact) mass is 212 g/mol. The van der Waals surface area contributed by atoms with Crippen LogP contribution in [-0.4, -0.2) is 30.8 Å². The van der Waals surface area contributed by atoms with E-state index in [1.807, 2.05) is 6.92 Å². The second-order valence-corrected chi connectivity index (χ2v) is 4.35. The summed E-state index contributed by atoms with van der Waals surface area (Å²) in [4.78, 5) is 10.8. The minimum atomic E-state index is -0.384. The lowest BCUT2D eigenvalue weighted by molar-refractivity contribution is -0.134. The SMILES string of the molecule is COC(=O)/C=C/N(C)/N=C(/C)C(C)(C)C. The summed E-state index contributed by atoms with van der Waals surface area (Å²) < 4.78 is 4.47. The van der Waals surface area contributed by atoms with Crippen LogP contribution in [0.15, 0.2) is 17.4 Å². The van der Waals surface area contributed by atoms with Crippen LogP contribution in [0.3, 0.4) is 0 Å². The van der Waals surface area contributed by atoms with Crippen molar-refractivity contribution in [2.75, 3.05) is 14.2 Å². The summed E-state index contributed by atoms with van der Waals surface area (Å²) >= 11 is 0. The van der Waals surface area contributed by atoms with Gasteiger partial charge in [0, 0.05) is 30.5 Å². The van der Waals surface area contributed by atoms with E-state index < -0.39 is 0 Å². The molecule has 4 nitrogen and oxygen atoms in total. The van der Waals surface area contributed by atoms with E-state index in [1.165, 1.54) is 13.2 Å². The van der Waals surface area contributed by atoms with Crippen LogP contribution in [0.5, 0.6) is 0 Å². The molecule has 0 atom stereocenters. The molecule has 0 fully saturated rings. The molecular weight excluding hydrogens is 192 g/mol. The molecule has 0 N–H and O–H groups in total. The summed E-state index contributed by atoms with van der Waals surface area (Å²) in [6.45, 7) is 8.22. The number of esters is 1. The first kappa shape index (κ1) is 13.7. The van der Waals surface area contributed by atoms with Crippen molar-refractivity contribution in [3.63, 3.8) is 0 Å². The third-order valence-electron chi connectivity index (χ3n) is 2.02. The standard InChI is InChI=1S/C11H20N2O2/c1-9(11(2,3)4)12-13(5)8-7-10(14)15-6/h7-8H,1-6H3/b8-7+,12-9-. The summed E-state index contributed by atoms with van der Waals surface area (Å²) in [5, 5.41) is 5.90. The molecule has 0 aromatic carbocycles. The molecule has 0 aromatic heterocycles. The Morgan fingerprint density at radius 2 is 1.93 bits per heavy atom. The lowest BCUT2D eigenvalue weighted by Crippen LogP contribution is -2.20. The zero-order valence-electron chi connectivity index (χ0n) is 10.4. The second kappa shape index (κ2) is 5.53. The molecule has 0 rings (SSSR count). The van der Waals surface area contributed by atoms with E-state index in [-0.39, 0.29) is 11.4 Å². The average molecular weight is 212 g/mol. The van der Waals surface area contributed by atoms with Gasteiger partial charge in [0.1, 0.15) is 0 Å². The highest BCUT2D eigenvalue weighted by Crippen LogP contribution is 2.15. The van der Waals surface area contributed by atoms with Gasteiger partial charge >= 0.3 is 5.97 Å². The molecule has 0 amide bonds. The lowest BCUT2D eigenvalue weighted by Gasteiger charge is -2.19. The molecule has 0 radical (unpaired) electrons. The Hall–Kier alpha value is -1.32. The van der Waals surface area contributed by atoms with Gasteiger partial charge in [-0.15, -0.1) is 0 Å². The fraction of sp³-hybridized carbons (Fsp3) is 0.636. The second-order valence-electron chi connectivity index (χ2n) is 4.35. The van der Waals surface area contributed by atoms with Crippen molar-refractivity contribution < 1.29 is 9.53 Å². The fourth-order valence-corrected chi connectivity index (χ4v) is 0.657. The number of ether oxygens (including phenoxy) is 1. The minimum Gasteiger partial charge on any atom is -0.466 e. The molecule has 4 heteroatoms. The summed E-state index contributed by atoms with van der Waals surface area (Å²) in [6, 6.07) is 0. The molecule has 0 heterocycles. The summed E-state index contributed by atoms with van der Waals surface area (Å²) in [5.74, 6) is -0.384. The Balaban J connectivity index is 4.43. The van der Waals surface area contributed by atoms with Crippen molar-refractivity contribution in [2.24, 2.45) is 10.5 Å². The number of carbonyl (C=O) groups excluding carboxylic acids is 1. The summed E-state index contributed by atoms with van der Waals surface area (Å²) in [7, 11) is 3.12. The van der Waals surface area contributed by atoms with Gasteiger partial charge in [0.2, 0.25) is 0 Å². The smallest absolute Gasteiger partial charge is 0.332 e. The maximum Gasteiger partial charge on any atom is 0.332 e. The number of rotatable bonds is 3. The van der Waals surface area contributed by atoms with Gasteiger partial charge in [-0.25, -0.2) is 4.79 Å². The first-order valence-electron chi connectivity index (χ1n) is 4.82. The normalized spacial score (nSPS) is 13.1. The number of hydrogen-bond acceptors (Lipinski definition) is 4. The molecule has 0 spiro atoms. The van der Waals surface area contributed by atoms with Crippen LogP contribution in [0.1, 0.15) is 27.7 Å². The highest BCUT2D eigenvalue weighted by atomic mass is 16.5. The van der Waals surface area contributed by atoms with Crippen molar-refractivity contribution >= 4 is 11.7 Å². The van der Waals surface area contributed by atoms with E-state index in [2.05, 4.69) is 30.6 Å². The van der Waals surface area contributed by atoms with Gasteiger partial charge in [0.05, 0.1) is 7.11 Å². The topological polar surface area (TPSA) is 41.9 Å². The number of nitrogens with zero attached hydrogens (tertiary/aromatic N) is 2. The molecule has 0 bridgehead atoms. The van der Waals surface area contributed by atoms with E-state index in [9.17, 15) is 4.79 Å². The van der Waals surface area contributed by atoms with Crippen molar-refractivity contribution in [1.82, 2.24) is 5.01 Å². The zero-order chi connectivity index (χ0) is 12.1. The van der Waals surface area contributed by atoms with Crippen molar-refractivity contribution in [1.29, 1.82) is 0 Å². The number of carbonyl (C=O) groups is 1. The molecule has 0 aliphatic rings. The van der Waals surface area contributed by atoms with E-state index in [0.29, 0.717) is 0 Å². The van der Waals surface area contributed by atoms with Gasteiger partial charge in [-0.05, 0) is 6.92 Å². The van der Waals surface area contributed by atoms with Crippen LogP contribution in [-0.2, 0) is 9.53 Å². The molecule has 86 valence electrons. The molecule has 0 unspecified atom stereocenters. The first-order valence-corrected chi connectivity index (χ1v) is 4.82. The molecule has 0 saturated carbocycles. The third kappa shape index (κ3) is 5.88. The Labute approximate surface area is 91.6 Å². The maximum atomic E-state index is 10.8. The van der Waals surface area contributed by atoms with Gasteiger partial charge in [-0.2, -0.15) is 5.10 Å². The largest absolute Gasteiger partial charge is 0.466 e. The molecule has 0 saturated heterocycles. The number of hydrogen-bond donors (Lipinski definition) is 0. The van der Waals surface area contributed by atoms with E-state index in [4.69, 9.17) is 0 Å². The highest BCUT2D eigenvalue weighted by molar-refractivity contribution is 5.86. The van der Waals surface area contributed by atoms with Crippen molar-refractivity contribution in [3.05, 3.63) is 12.3 Å². The molecule has 0 aliphatic heterocycles. The highest BCUT2D eigenvalue weighted by Gasteiger charge is 2.14. The lowest BCUT2D eigenvalue weighted by atomic mass is 9.91. The first-order chi connectivity index (χ1) is 6.77. The summed E-state index contributed by atoms with van der Waals surface area (Å²) in [5.41, 5.74) is 1.03. The van der Waals surface area contributed by atoms with Gasteiger partial charge < -0.3 is 4.74 Å². The van der Waals surface area contributed by atoms with Crippen LogP contribution in [0, 0.1) is 5.41 Å². The Morgan fingerprint density at radius 3 is 2.33 bits per heavy atom.